The van der Waals surface area contributed by atoms with Crippen molar-refractivity contribution in [1.82, 2.24) is 4.31 Å². The van der Waals surface area contributed by atoms with Crippen molar-refractivity contribution in [3.8, 4) is 0 Å². The van der Waals surface area contributed by atoms with Crippen LogP contribution < -0.4 is 10.4 Å². The molecule has 0 aliphatic heterocycles. The first-order valence-electron chi connectivity index (χ1n) is 13.5. The van der Waals surface area contributed by atoms with E-state index >= 15 is 0 Å². The summed E-state index contributed by atoms with van der Waals surface area (Å²) in [5.74, 6) is 0.0712. The summed E-state index contributed by atoms with van der Waals surface area (Å²) >= 11 is 0. The Morgan fingerprint density at radius 1 is 0.925 bits per heavy atom. The van der Waals surface area contributed by atoms with Crippen molar-refractivity contribution < 1.29 is 22.4 Å². The van der Waals surface area contributed by atoms with Crippen molar-refractivity contribution in [2.75, 3.05) is 20.3 Å². The lowest BCUT2D eigenvalue weighted by Crippen LogP contribution is -2.66. The van der Waals surface area contributed by atoms with Gasteiger partial charge in [-0.05, 0) is 46.8 Å². The van der Waals surface area contributed by atoms with E-state index in [-0.39, 0.29) is 22.4 Å². The molecule has 3 aromatic carbocycles. The van der Waals surface area contributed by atoms with Gasteiger partial charge in [0.25, 0.3) is 18.3 Å². The quantitative estimate of drug-likeness (QED) is 0.209. The molecule has 40 heavy (non-hydrogen) atoms. The highest BCUT2D eigenvalue weighted by atomic mass is 32.2. The molecule has 0 unspecified atom stereocenters. The van der Waals surface area contributed by atoms with Crippen molar-refractivity contribution in [1.29, 1.82) is 0 Å². The van der Waals surface area contributed by atoms with E-state index in [1.54, 1.807) is 12.1 Å². The number of methoxy groups -OCH3 is 1. The lowest BCUT2D eigenvalue weighted by Gasteiger charge is -2.43. The van der Waals surface area contributed by atoms with Crippen LogP contribution in [-0.2, 0) is 19.2 Å². The predicted octanol–water partition coefficient (Wildman–Crippen LogP) is 5.91. The van der Waals surface area contributed by atoms with Gasteiger partial charge in [-0.3, -0.25) is 0 Å². The summed E-state index contributed by atoms with van der Waals surface area (Å²) in [4.78, 5) is 12.4. The zero-order valence-corrected chi connectivity index (χ0v) is 26.1. The predicted molar refractivity (Wildman–Crippen MR) is 164 cm³/mol. The Labute approximate surface area is 240 Å². The fraction of sp³-hybridized carbons (Fsp3) is 0.344. The van der Waals surface area contributed by atoms with Crippen molar-refractivity contribution in [2.24, 2.45) is 5.92 Å². The maximum atomic E-state index is 13.1. The lowest BCUT2D eigenvalue weighted by molar-refractivity contribution is 0.149. The molecule has 6 nitrogen and oxygen atoms in total. The number of carbonyl (C=O) groups excluding carboxylic acids is 1. The number of nitrogens with zero attached hydrogens (tertiary/aromatic N) is 1. The number of hydrogen-bond acceptors (Lipinski definition) is 5. The van der Waals surface area contributed by atoms with Gasteiger partial charge in [-0.25, -0.2) is 17.5 Å². The van der Waals surface area contributed by atoms with Crippen LogP contribution in [0.2, 0.25) is 5.04 Å². The summed E-state index contributed by atoms with van der Waals surface area (Å²) in [5.41, 5.74) is 0.931. The molecule has 3 aromatic rings. The smallest absolute Gasteiger partial charge is 0.423 e. The average Bonchev–Trinajstić information content (AvgIpc) is 2.93. The van der Waals surface area contributed by atoms with Crippen molar-refractivity contribution >= 4 is 34.8 Å². The first kappa shape index (κ1) is 31.3. The average molecular weight is 580 g/mol. The van der Waals surface area contributed by atoms with E-state index in [0.29, 0.717) is 13.0 Å². The van der Waals surface area contributed by atoms with Gasteiger partial charge < -0.3 is 9.16 Å². The van der Waals surface area contributed by atoms with Gasteiger partial charge in [0.05, 0.1) is 12.0 Å². The summed E-state index contributed by atoms with van der Waals surface area (Å²) < 4.78 is 38.8. The normalized spacial score (nSPS) is 13.2. The molecule has 0 bridgehead atoms. The molecule has 1 amide bonds. The minimum absolute atomic E-state index is 0.0261. The number of aryl methyl sites for hydroxylation is 1. The summed E-state index contributed by atoms with van der Waals surface area (Å²) in [5, 5.41) is 2.32. The Bertz CT molecular complexity index is 1330. The largest absolute Gasteiger partial charge is 0.452 e. The monoisotopic (exact) mass is 579 g/mol. The standard InChI is InChI=1S/C32H41NO5SSi/c1-26-20-22-28(23-21-26)39(35,36)33(31(34)37-6)24-14-13-15-27(2)25-38-40(32(3,4)5,29-16-9-7-10-17-29)30-18-11-8-12-19-30/h7-13,15-23,27H,14,24-25H2,1-6H3/b15-13+/t27-/m1/s1. The summed E-state index contributed by atoms with van der Waals surface area (Å²) in [6, 6.07) is 27.4. The van der Waals surface area contributed by atoms with Gasteiger partial charge in [0.15, 0.2) is 0 Å². The fourth-order valence-electron chi connectivity index (χ4n) is 4.84. The van der Waals surface area contributed by atoms with Gasteiger partial charge in [0.2, 0.25) is 0 Å². The molecule has 0 aliphatic carbocycles. The molecule has 0 aliphatic rings. The van der Waals surface area contributed by atoms with Crippen LogP contribution in [-0.4, -0.2) is 47.4 Å². The van der Waals surface area contributed by atoms with Crippen LogP contribution in [0.25, 0.3) is 0 Å². The third-order valence-corrected chi connectivity index (χ3v) is 13.7. The third-order valence-electron chi connectivity index (χ3n) is 6.93. The zero-order chi connectivity index (χ0) is 29.4. The van der Waals surface area contributed by atoms with Gasteiger partial charge >= 0.3 is 6.09 Å². The van der Waals surface area contributed by atoms with Crippen molar-refractivity contribution in [3.63, 3.8) is 0 Å². The van der Waals surface area contributed by atoms with Crippen molar-refractivity contribution in [3.05, 3.63) is 103 Å². The highest BCUT2D eigenvalue weighted by Crippen LogP contribution is 2.37. The number of sulfonamides is 1. The van der Waals surface area contributed by atoms with Gasteiger partial charge in [-0.1, -0.05) is 118 Å². The number of carbonyl (C=O) groups is 1. The van der Waals surface area contributed by atoms with Crippen LogP contribution in [0.15, 0.2) is 102 Å². The number of hydrogen-bond donors (Lipinski definition) is 0. The molecule has 8 heteroatoms. The van der Waals surface area contributed by atoms with Crippen LogP contribution in [0.5, 0.6) is 0 Å². The fourth-order valence-corrected chi connectivity index (χ4v) is 10.9. The minimum atomic E-state index is -4.03. The van der Waals surface area contributed by atoms with E-state index in [1.807, 2.05) is 31.2 Å². The molecule has 214 valence electrons. The van der Waals surface area contributed by atoms with Crippen LogP contribution in [0.3, 0.4) is 0 Å². The molecule has 0 fully saturated rings. The van der Waals surface area contributed by atoms with Crippen molar-refractivity contribution in [2.45, 2.75) is 51.0 Å². The van der Waals surface area contributed by atoms with Gasteiger partial charge in [-0.15, -0.1) is 0 Å². The van der Waals surface area contributed by atoms with E-state index in [9.17, 15) is 13.2 Å². The Morgan fingerprint density at radius 2 is 1.45 bits per heavy atom. The van der Waals surface area contributed by atoms with Gasteiger partial charge in [-0.2, -0.15) is 0 Å². The number of benzene rings is 3. The molecule has 1 atom stereocenters. The van der Waals surface area contributed by atoms with Crippen LogP contribution >= 0.6 is 0 Å². The number of rotatable bonds is 11. The first-order valence-corrected chi connectivity index (χ1v) is 16.9. The Hall–Kier alpha value is -3.20. The second kappa shape index (κ2) is 13.4. The van der Waals surface area contributed by atoms with E-state index in [4.69, 9.17) is 9.16 Å². The Kier molecular flexibility index (Phi) is 10.5. The highest BCUT2D eigenvalue weighted by molar-refractivity contribution is 7.89. The second-order valence-corrected chi connectivity index (χ2v) is 17.2. The van der Waals surface area contributed by atoms with E-state index in [2.05, 4.69) is 76.2 Å². The highest BCUT2D eigenvalue weighted by Gasteiger charge is 2.50. The summed E-state index contributed by atoms with van der Waals surface area (Å²) in [6.45, 7) is 11.2. The van der Waals surface area contributed by atoms with Crippen LogP contribution in [0.4, 0.5) is 4.79 Å². The van der Waals surface area contributed by atoms with E-state index in [1.165, 1.54) is 29.6 Å². The van der Waals surface area contributed by atoms with Gasteiger partial charge in [0, 0.05) is 13.2 Å². The van der Waals surface area contributed by atoms with Gasteiger partial charge in [0.1, 0.15) is 0 Å². The summed E-state index contributed by atoms with van der Waals surface area (Å²) in [6.07, 6.45) is 3.37. The van der Waals surface area contributed by atoms with Crippen LogP contribution in [0.1, 0.15) is 39.7 Å². The Morgan fingerprint density at radius 3 is 1.93 bits per heavy atom. The summed E-state index contributed by atoms with van der Waals surface area (Å²) in [7, 11) is -5.50. The first-order chi connectivity index (χ1) is 18.9. The minimum Gasteiger partial charge on any atom is -0.452 e. The molecule has 0 radical (unpaired) electrons. The third kappa shape index (κ3) is 7.10. The van der Waals surface area contributed by atoms with Crippen LogP contribution in [0, 0.1) is 12.8 Å². The SMILES string of the molecule is COC(=O)N(CC/C=C/[C@@H](C)CO[Si](c1ccccc1)(c1ccccc1)C(C)(C)C)S(=O)(=O)c1ccc(C)cc1. The van der Waals surface area contributed by atoms with E-state index < -0.39 is 24.4 Å². The molecule has 0 aromatic heterocycles. The molecule has 0 spiro atoms. The maximum absolute atomic E-state index is 13.1. The zero-order valence-electron chi connectivity index (χ0n) is 24.3. The number of amides is 1. The molecule has 0 N–H and O–H groups in total. The molecule has 0 heterocycles. The second-order valence-electron chi connectivity index (χ2n) is 11.0. The topological polar surface area (TPSA) is 72.9 Å². The Balaban J connectivity index is 1.75. The molecule has 0 saturated carbocycles. The molecule has 0 saturated heterocycles. The van der Waals surface area contributed by atoms with E-state index in [0.717, 1.165) is 9.87 Å². The molecule has 3 rings (SSSR count). The molecular weight excluding hydrogens is 539 g/mol. The number of ether oxygens (including phenoxy) is 1. The maximum Gasteiger partial charge on any atom is 0.423 e. The molecular formula is C32H41NO5SSi. The lowest BCUT2D eigenvalue weighted by atomic mass is 10.2.